The maximum atomic E-state index is 13.4. The Balaban J connectivity index is 1.71. The van der Waals surface area contributed by atoms with Gasteiger partial charge in [-0.25, -0.2) is 9.59 Å². The van der Waals surface area contributed by atoms with Gasteiger partial charge in [-0.1, -0.05) is 72.8 Å². The van der Waals surface area contributed by atoms with E-state index in [4.69, 9.17) is 30.4 Å². The summed E-state index contributed by atoms with van der Waals surface area (Å²) >= 11 is 0. The molecule has 4 aromatic carbocycles. The largest absolute Gasteiger partial charge is 0.462 e. The predicted octanol–water partition coefficient (Wildman–Crippen LogP) is 5.36. The minimum absolute atomic E-state index is 0.0221. The highest BCUT2D eigenvalue weighted by atomic mass is 16.5. The van der Waals surface area contributed by atoms with Gasteiger partial charge in [-0.05, 0) is 47.9 Å². The SMILES string of the molecule is CCOC(=O)C1=C(N)Oc2ccc3ccc4c(c3c2[C@H]1c1ccccc1)[C@@H](c1ccccc1)C(C(=O)OCC)=C(N)O4. The van der Waals surface area contributed by atoms with Crippen LogP contribution in [0, 0.1) is 0 Å². The van der Waals surface area contributed by atoms with Gasteiger partial charge in [0.2, 0.25) is 11.8 Å². The molecule has 0 radical (unpaired) electrons. The quantitative estimate of drug-likeness (QED) is 0.301. The topological polar surface area (TPSA) is 123 Å². The van der Waals surface area contributed by atoms with Crippen molar-refractivity contribution in [2.45, 2.75) is 25.7 Å². The third kappa shape index (κ3) is 4.41. The number of benzene rings is 4. The lowest BCUT2D eigenvalue weighted by Gasteiger charge is -2.34. The summed E-state index contributed by atoms with van der Waals surface area (Å²) in [6, 6.07) is 26.7. The third-order valence-electron chi connectivity index (χ3n) is 7.57. The Hall–Kier alpha value is -5.24. The molecule has 0 aromatic heterocycles. The van der Waals surface area contributed by atoms with Crippen LogP contribution in [-0.4, -0.2) is 25.2 Å². The zero-order valence-electron chi connectivity index (χ0n) is 23.3. The molecule has 2 aliphatic heterocycles. The fraction of sp³-hybridized carbons (Fsp3) is 0.176. The molecule has 8 nitrogen and oxygen atoms in total. The van der Waals surface area contributed by atoms with Gasteiger partial charge >= 0.3 is 11.9 Å². The monoisotopic (exact) mass is 562 g/mol. The number of hydrogen-bond donors (Lipinski definition) is 2. The van der Waals surface area contributed by atoms with Crippen molar-refractivity contribution >= 4 is 22.7 Å². The maximum absolute atomic E-state index is 13.4. The Labute approximate surface area is 243 Å². The van der Waals surface area contributed by atoms with Crippen LogP contribution in [0.1, 0.15) is 47.9 Å². The Morgan fingerprint density at radius 1 is 0.643 bits per heavy atom. The molecule has 6 rings (SSSR count). The Kier molecular flexibility index (Phi) is 7.04. The van der Waals surface area contributed by atoms with E-state index < -0.39 is 23.8 Å². The van der Waals surface area contributed by atoms with Gasteiger partial charge in [0.25, 0.3) is 0 Å². The van der Waals surface area contributed by atoms with Crippen LogP contribution in [0.15, 0.2) is 108 Å². The number of esters is 2. The fourth-order valence-electron chi connectivity index (χ4n) is 5.92. The van der Waals surface area contributed by atoms with Crippen molar-refractivity contribution in [3.63, 3.8) is 0 Å². The van der Waals surface area contributed by atoms with E-state index in [1.54, 1.807) is 13.8 Å². The molecule has 2 aliphatic rings. The number of hydrogen-bond acceptors (Lipinski definition) is 8. The van der Waals surface area contributed by atoms with Crippen molar-refractivity contribution in [2.75, 3.05) is 13.2 Å². The lowest BCUT2D eigenvalue weighted by atomic mass is 9.75. The highest BCUT2D eigenvalue weighted by Crippen LogP contribution is 2.52. The Morgan fingerprint density at radius 3 is 1.43 bits per heavy atom. The highest BCUT2D eigenvalue weighted by Gasteiger charge is 2.41. The molecule has 0 saturated carbocycles. The summed E-state index contributed by atoms with van der Waals surface area (Å²) < 4.78 is 23.2. The van der Waals surface area contributed by atoms with Crippen LogP contribution in [0.25, 0.3) is 10.8 Å². The zero-order chi connectivity index (χ0) is 29.4. The second-order valence-electron chi connectivity index (χ2n) is 9.94. The summed E-state index contributed by atoms with van der Waals surface area (Å²) in [7, 11) is 0. The predicted molar refractivity (Wildman–Crippen MR) is 157 cm³/mol. The van der Waals surface area contributed by atoms with Gasteiger partial charge in [0.05, 0.1) is 25.0 Å². The molecule has 2 heterocycles. The molecule has 2 atom stereocenters. The molecule has 0 fully saturated rings. The number of carbonyl (C=O) groups excluding carboxylic acids is 2. The zero-order valence-corrected chi connectivity index (χ0v) is 23.3. The van der Waals surface area contributed by atoms with Gasteiger partial charge in [0.15, 0.2) is 0 Å². The van der Waals surface area contributed by atoms with Crippen molar-refractivity contribution in [1.29, 1.82) is 0 Å². The summed E-state index contributed by atoms with van der Waals surface area (Å²) in [5, 5.41) is 1.62. The van der Waals surface area contributed by atoms with E-state index in [0.29, 0.717) is 22.6 Å². The lowest BCUT2D eigenvalue weighted by Crippen LogP contribution is -2.29. The molecule has 4 aromatic rings. The average molecular weight is 563 g/mol. The number of carbonyl (C=O) groups is 2. The van der Waals surface area contributed by atoms with Crippen LogP contribution in [0.3, 0.4) is 0 Å². The first-order valence-corrected chi connectivity index (χ1v) is 13.8. The van der Waals surface area contributed by atoms with E-state index in [2.05, 4.69) is 0 Å². The van der Waals surface area contributed by atoms with Crippen molar-refractivity contribution in [3.05, 3.63) is 130 Å². The van der Waals surface area contributed by atoms with Gasteiger partial charge in [-0.3, -0.25) is 0 Å². The number of fused-ring (bicyclic) bond motifs is 5. The summed E-state index contributed by atoms with van der Waals surface area (Å²) in [6.45, 7) is 3.83. The normalized spacial score (nSPS) is 17.6. The van der Waals surface area contributed by atoms with Crippen molar-refractivity contribution in [2.24, 2.45) is 11.5 Å². The van der Waals surface area contributed by atoms with Crippen molar-refractivity contribution in [1.82, 2.24) is 0 Å². The number of ether oxygens (including phenoxy) is 4. The second kappa shape index (κ2) is 11.0. The molecule has 0 unspecified atom stereocenters. The molecule has 0 amide bonds. The highest BCUT2D eigenvalue weighted by molar-refractivity contribution is 6.02. The van der Waals surface area contributed by atoms with E-state index in [9.17, 15) is 9.59 Å². The van der Waals surface area contributed by atoms with Gasteiger partial charge in [0.1, 0.15) is 22.6 Å². The van der Waals surface area contributed by atoms with Crippen LogP contribution in [0.4, 0.5) is 0 Å². The van der Waals surface area contributed by atoms with Crippen LogP contribution >= 0.6 is 0 Å². The molecule has 0 bridgehead atoms. The van der Waals surface area contributed by atoms with Crippen LogP contribution < -0.4 is 20.9 Å². The minimum atomic E-state index is -0.630. The van der Waals surface area contributed by atoms with Crippen molar-refractivity contribution in [3.8, 4) is 11.5 Å². The van der Waals surface area contributed by atoms with Gasteiger partial charge in [0, 0.05) is 11.1 Å². The van der Waals surface area contributed by atoms with Gasteiger partial charge in [-0.15, -0.1) is 0 Å². The first-order valence-electron chi connectivity index (χ1n) is 13.8. The Morgan fingerprint density at radius 2 is 1.05 bits per heavy atom. The molecule has 0 aliphatic carbocycles. The molecular formula is C34H30N2O6. The molecule has 212 valence electrons. The summed E-state index contributed by atoms with van der Waals surface area (Å²) in [6.07, 6.45) is 0. The standard InChI is InChI=1S/C34H30N2O6/c1-3-39-33(37)29-25(19-11-7-5-8-12-19)27-22(41-31(29)35)17-15-21-16-18-23-28(24(21)27)26(20-13-9-6-10-14-20)30(32(36)42-23)34(38)40-4-2/h5-18,25-26H,3-4,35-36H2,1-2H3/t25-,26-/m1/s1. The molecule has 0 saturated heterocycles. The van der Waals surface area contributed by atoms with Crippen LogP contribution in [0.2, 0.25) is 0 Å². The van der Waals surface area contributed by atoms with Crippen LogP contribution in [-0.2, 0) is 19.1 Å². The fourth-order valence-corrected chi connectivity index (χ4v) is 5.92. The minimum Gasteiger partial charge on any atom is -0.462 e. The third-order valence-corrected chi connectivity index (χ3v) is 7.57. The molecule has 0 spiro atoms. The Bertz CT molecular complexity index is 1640. The summed E-state index contributed by atoms with van der Waals surface area (Å²) in [5.41, 5.74) is 16.3. The second-order valence-corrected chi connectivity index (χ2v) is 9.94. The molecular weight excluding hydrogens is 532 g/mol. The van der Waals surface area contributed by atoms with Gasteiger partial charge in [-0.2, -0.15) is 0 Å². The summed E-state index contributed by atoms with van der Waals surface area (Å²) in [5.74, 6) is -1.46. The van der Waals surface area contributed by atoms with Crippen LogP contribution in [0.5, 0.6) is 11.5 Å². The molecule has 4 N–H and O–H groups in total. The van der Waals surface area contributed by atoms with E-state index in [0.717, 1.165) is 21.9 Å². The molecule has 8 heteroatoms. The van der Waals surface area contributed by atoms with E-state index in [1.165, 1.54) is 0 Å². The molecule has 42 heavy (non-hydrogen) atoms. The van der Waals surface area contributed by atoms with E-state index >= 15 is 0 Å². The number of rotatable bonds is 6. The maximum Gasteiger partial charge on any atom is 0.340 e. The smallest absolute Gasteiger partial charge is 0.340 e. The van der Waals surface area contributed by atoms with E-state index in [-0.39, 0.29) is 36.1 Å². The lowest BCUT2D eigenvalue weighted by molar-refractivity contribution is -0.140. The number of nitrogens with two attached hydrogens (primary N) is 2. The average Bonchev–Trinajstić information content (AvgIpc) is 3.00. The summed E-state index contributed by atoms with van der Waals surface area (Å²) in [4.78, 5) is 26.8. The first-order chi connectivity index (χ1) is 20.4. The van der Waals surface area contributed by atoms with E-state index in [1.807, 2.05) is 84.9 Å². The van der Waals surface area contributed by atoms with Crippen molar-refractivity contribution < 1.29 is 28.5 Å². The van der Waals surface area contributed by atoms with Gasteiger partial charge < -0.3 is 30.4 Å². The first kappa shape index (κ1) is 27.0.